The molecule has 0 unspecified atom stereocenters. The monoisotopic (exact) mass is 506 g/mol. The van der Waals surface area contributed by atoms with Crippen LogP contribution in [-0.2, 0) is 9.59 Å². The normalized spacial score (nSPS) is 21.6. The molecule has 6 N–H and O–H groups in total. The smallest absolute Gasteiger partial charge is 0.268 e. The number of aliphatic hydroxyl groups is 2. The zero-order valence-electron chi connectivity index (χ0n) is 19.2. The van der Waals surface area contributed by atoms with Gasteiger partial charge in [-0.3, -0.25) is 14.4 Å². The molecule has 1 aliphatic carbocycles. The van der Waals surface area contributed by atoms with Gasteiger partial charge in [-0.25, -0.2) is 4.39 Å². The Kier molecular flexibility index (Phi) is 7.67. The number of carbonyl (C=O) groups is 3. The van der Waals surface area contributed by atoms with Crippen molar-refractivity contribution in [2.75, 3.05) is 13.2 Å². The van der Waals surface area contributed by atoms with Crippen molar-refractivity contribution in [1.82, 2.24) is 20.9 Å². The molecule has 4 rings (SSSR count). The Hall–Kier alpha value is -2.63. The van der Waals surface area contributed by atoms with E-state index < -0.39 is 47.2 Å². The van der Waals surface area contributed by atoms with Gasteiger partial charge in [0, 0.05) is 17.8 Å². The third-order valence-electron chi connectivity index (χ3n) is 6.76. The Morgan fingerprint density at radius 1 is 1.23 bits per heavy atom. The Morgan fingerprint density at radius 2 is 2.00 bits per heavy atom. The van der Waals surface area contributed by atoms with Crippen LogP contribution >= 0.6 is 12.6 Å². The highest BCUT2D eigenvalue weighted by molar-refractivity contribution is 7.81. The van der Waals surface area contributed by atoms with Crippen molar-refractivity contribution < 1.29 is 29.0 Å². The molecular weight excluding hydrogens is 475 g/mol. The molecule has 0 radical (unpaired) electrons. The zero-order valence-corrected chi connectivity index (χ0v) is 20.1. The quantitative estimate of drug-likeness (QED) is 0.192. The molecule has 4 atom stereocenters. The maximum absolute atomic E-state index is 14.0. The molecule has 1 saturated heterocycles. The number of hydrogen-bond acceptors (Lipinski definition) is 6. The number of rotatable bonds is 10. The van der Waals surface area contributed by atoms with Gasteiger partial charge in [-0.15, -0.1) is 12.6 Å². The predicted molar refractivity (Wildman–Crippen MR) is 130 cm³/mol. The van der Waals surface area contributed by atoms with Gasteiger partial charge in [-0.05, 0) is 43.7 Å². The molecule has 3 amide bonds. The number of piperidine rings is 1. The molecule has 1 saturated carbocycles. The summed E-state index contributed by atoms with van der Waals surface area (Å²) in [5.74, 6) is -1.94. The average Bonchev–Trinajstić information content (AvgIpc) is 3.53. The zero-order chi connectivity index (χ0) is 25.2. The molecular formula is C24H31FN4O5S. The maximum atomic E-state index is 14.0. The Balaban J connectivity index is 1.49. The second-order valence-corrected chi connectivity index (χ2v) is 10.3. The van der Waals surface area contributed by atoms with Crippen LogP contribution in [-0.4, -0.2) is 63.1 Å². The minimum atomic E-state index is -1.96. The van der Waals surface area contributed by atoms with Crippen LogP contribution in [0.2, 0.25) is 0 Å². The number of carbonyl (C=O) groups excluding carboxylic acids is 3. The lowest BCUT2D eigenvalue weighted by Crippen LogP contribution is -2.58. The average molecular weight is 507 g/mol. The summed E-state index contributed by atoms with van der Waals surface area (Å²) in [5, 5.41) is 29.0. The molecule has 35 heavy (non-hydrogen) atoms. The second kappa shape index (κ2) is 10.5. The van der Waals surface area contributed by atoms with Gasteiger partial charge < -0.3 is 31.1 Å². The predicted octanol–water partition coefficient (Wildman–Crippen LogP) is 1.22. The van der Waals surface area contributed by atoms with Gasteiger partial charge in [0.25, 0.3) is 5.91 Å². The van der Waals surface area contributed by atoms with E-state index in [0.717, 1.165) is 19.3 Å². The number of halogens is 1. The van der Waals surface area contributed by atoms with Crippen molar-refractivity contribution >= 4 is 41.3 Å². The van der Waals surface area contributed by atoms with Crippen molar-refractivity contribution in [3.8, 4) is 0 Å². The van der Waals surface area contributed by atoms with E-state index in [9.17, 15) is 29.0 Å². The van der Waals surface area contributed by atoms with E-state index in [-0.39, 0.29) is 29.5 Å². The number of H-pyrrole nitrogens is 1. The van der Waals surface area contributed by atoms with Crippen LogP contribution in [0.4, 0.5) is 4.39 Å². The number of amides is 3. The van der Waals surface area contributed by atoms with Crippen LogP contribution in [0.15, 0.2) is 24.3 Å². The Labute approximate surface area is 207 Å². The highest BCUT2D eigenvalue weighted by Crippen LogP contribution is 2.34. The first-order valence-corrected chi connectivity index (χ1v) is 12.3. The van der Waals surface area contributed by atoms with E-state index >= 15 is 0 Å². The molecule has 2 aromatic rings. The van der Waals surface area contributed by atoms with Crippen LogP contribution in [0, 0.1) is 17.7 Å². The van der Waals surface area contributed by atoms with Crippen molar-refractivity contribution in [1.29, 1.82) is 0 Å². The SMILES string of the molecule is O=C(N[C@@H](CC1CC1)C(=O)N[C@@H](C[C@@H]1CCCNC1=O)[C@@](O)(S)CO)c1cc2cccc(F)c2[nH]1. The summed E-state index contributed by atoms with van der Waals surface area (Å²) in [7, 11) is 0. The summed E-state index contributed by atoms with van der Waals surface area (Å²) in [6.07, 6.45) is 3.72. The fourth-order valence-corrected chi connectivity index (χ4v) is 4.66. The van der Waals surface area contributed by atoms with Crippen LogP contribution in [0.25, 0.3) is 10.9 Å². The number of benzene rings is 1. The van der Waals surface area contributed by atoms with E-state index in [2.05, 4.69) is 33.6 Å². The van der Waals surface area contributed by atoms with E-state index in [4.69, 9.17) is 0 Å². The number of nitrogens with one attached hydrogen (secondary N) is 4. The third kappa shape index (κ3) is 6.14. The summed E-state index contributed by atoms with van der Waals surface area (Å²) >= 11 is 4.13. The first-order valence-electron chi connectivity index (χ1n) is 11.9. The van der Waals surface area contributed by atoms with Gasteiger partial charge >= 0.3 is 0 Å². The summed E-state index contributed by atoms with van der Waals surface area (Å²) in [6.45, 7) is -0.166. The van der Waals surface area contributed by atoms with E-state index in [1.807, 2.05) is 0 Å². The first kappa shape index (κ1) is 25.5. The molecule has 9 nitrogen and oxygen atoms in total. The number of fused-ring (bicyclic) bond motifs is 1. The number of aromatic amines is 1. The number of aliphatic hydroxyl groups excluding tert-OH is 1. The highest BCUT2D eigenvalue weighted by Gasteiger charge is 2.40. The molecule has 1 aliphatic heterocycles. The van der Waals surface area contributed by atoms with E-state index in [0.29, 0.717) is 24.8 Å². The van der Waals surface area contributed by atoms with Crippen LogP contribution in [0.5, 0.6) is 0 Å². The molecule has 2 aliphatic rings. The molecule has 11 heteroatoms. The van der Waals surface area contributed by atoms with Crippen LogP contribution in [0.3, 0.4) is 0 Å². The topological polar surface area (TPSA) is 144 Å². The lowest BCUT2D eigenvalue weighted by atomic mass is 9.89. The fraction of sp³-hybridized carbons (Fsp3) is 0.542. The van der Waals surface area contributed by atoms with Gasteiger partial charge in [-0.1, -0.05) is 25.0 Å². The summed E-state index contributed by atoms with van der Waals surface area (Å²) < 4.78 is 14.0. The fourth-order valence-electron chi connectivity index (χ4n) is 4.49. The van der Waals surface area contributed by atoms with Gasteiger partial charge in [-0.2, -0.15) is 0 Å². The molecule has 2 fully saturated rings. The van der Waals surface area contributed by atoms with Crippen molar-refractivity contribution in [2.45, 2.75) is 55.5 Å². The van der Waals surface area contributed by atoms with Crippen LogP contribution in [0.1, 0.15) is 49.0 Å². The van der Waals surface area contributed by atoms with E-state index in [1.54, 1.807) is 12.1 Å². The van der Waals surface area contributed by atoms with Crippen molar-refractivity contribution in [3.63, 3.8) is 0 Å². The number of hydrogen-bond donors (Lipinski definition) is 7. The molecule has 0 bridgehead atoms. The van der Waals surface area contributed by atoms with E-state index in [1.165, 1.54) is 12.1 Å². The largest absolute Gasteiger partial charge is 0.392 e. The standard InChI is InChI=1S/C24H31FN4O5S/c25-16-5-1-3-14-10-18(27-20(14)16)22(32)28-17(9-13-6-7-13)23(33)29-19(24(34,35)12-30)11-15-4-2-8-26-21(15)31/h1,3,5,10,13,15,17,19,27,30,34-35H,2,4,6-9,11-12H2,(H,26,31)(H,28,32)(H,29,33)/t15-,17-,19-,24-/m0/s1. The summed E-state index contributed by atoms with van der Waals surface area (Å²) in [5.41, 5.74) is 0.324. The van der Waals surface area contributed by atoms with Gasteiger partial charge in [0.05, 0.1) is 18.2 Å². The Morgan fingerprint density at radius 3 is 2.66 bits per heavy atom. The number of thiol groups is 1. The molecule has 190 valence electrons. The molecule has 2 heterocycles. The number of aromatic nitrogens is 1. The van der Waals surface area contributed by atoms with Gasteiger partial charge in [0.15, 0.2) is 4.93 Å². The third-order valence-corrected chi connectivity index (χ3v) is 7.22. The second-order valence-electron chi connectivity index (χ2n) is 9.56. The first-order chi connectivity index (χ1) is 16.7. The molecule has 0 spiro atoms. The summed E-state index contributed by atoms with van der Waals surface area (Å²) in [6, 6.07) is 4.07. The lowest BCUT2D eigenvalue weighted by Gasteiger charge is -2.35. The number of para-hydroxylation sites is 1. The van der Waals surface area contributed by atoms with Gasteiger partial charge in [0.1, 0.15) is 17.6 Å². The Bertz CT molecular complexity index is 1100. The van der Waals surface area contributed by atoms with Crippen molar-refractivity contribution in [3.05, 3.63) is 35.8 Å². The molecule has 1 aromatic carbocycles. The van der Waals surface area contributed by atoms with Gasteiger partial charge in [0.2, 0.25) is 11.8 Å². The minimum absolute atomic E-state index is 0.0868. The minimum Gasteiger partial charge on any atom is -0.392 e. The highest BCUT2D eigenvalue weighted by atomic mass is 32.1. The molecule has 1 aromatic heterocycles. The van der Waals surface area contributed by atoms with Crippen LogP contribution < -0.4 is 16.0 Å². The lowest BCUT2D eigenvalue weighted by molar-refractivity contribution is -0.130. The van der Waals surface area contributed by atoms with Crippen molar-refractivity contribution in [2.24, 2.45) is 11.8 Å². The summed E-state index contributed by atoms with van der Waals surface area (Å²) in [4.78, 5) is 39.2. The maximum Gasteiger partial charge on any atom is 0.268 e.